The standard InChI is InChI=1S/C46H31N3.C42H27N3.C37H21N3/c1-46(2)39-25-31(17-19-35(39)36-20-18-32(26-40(36)46)34-11-6-22-47-27-34)30-8-5-9-33(24-30)44-38-21-16-28-14-15-29-10-7-23-48-45(29)42(28)43(38)37-12-3-4-13-41(37)49-44;1-42(2)35-23-28(16-18-31(35)32-20-17-30(43-3)24-36(32)42)27-8-6-9-29(22-27)40-34-19-15-25-13-14-26-10-7-21-44-41(26)38(25)39(34)33-11-4-5-12-37(33)45-40;38-22-27-17-18-29(30-11-2-1-10-28(27)30)25-7-5-8-26(21-25)36-32-19-16-23-14-15-24-9-6-20-39-37(24)34(23)35(32)31-12-3-4-13-33(31)40-36/h3-27H,1-2H3;4-24H,1-2H3;1-21H. The molecule has 7 heterocycles. The van der Waals surface area contributed by atoms with Gasteiger partial charge < -0.3 is 0 Å². The van der Waals surface area contributed by atoms with Crippen LogP contribution in [0.4, 0.5) is 5.69 Å². The van der Waals surface area contributed by atoms with Gasteiger partial charge in [-0.1, -0.05) is 319 Å². The molecule has 25 aromatic rings. The van der Waals surface area contributed by atoms with Crippen LogP contribution >= 0.6 is 0 Å². The van der Waals surface area contributed by atoms with E-state index >= 15 is 0 Å². The lowest BCUT2D eigenvalue weighted by atomic mass is 9.81. The summed E-state index contributed by atoms with van der Waals surface area (Å²) in [6, 6.07) is 136. The van der Waals surface area contributed by atoms with Crippen LogP contribution in [0.1, 0.15) is 55.5 Å². The predicted octanol–water partition coefficient (Wildman–Crippen LogP) is 32.5. The average molecular weight is 1710 g/mol. The second-order valence-electron chi connectivity index (χ2n) is 36.3. The number of fused-ring (bicyclic) bond motifs is 28. The Bertz CT molecular complexity index is 9450. The van der Waals surface area contributed by atoms with E-state index in [-0.39, 0.29) is 10.8 Å². The molecule has 0 aliphatic heterocycles. The summed E-state index contributed by atoms with van der Waals surface area (Å²) in [6.45, 7) is 16.7. The van der Waals surface area contributed by atoms with Crippen molar-refractivity contribution in [3.05, 3.63) is 446 Å². The summed E-state index contributed by atoms with van der Waals surface area (Å²) in [5, 5.41) is 32.5. The summed E-state index contributed by atoms with van der Waals surface area (Å²) in [5.41, 5.74) is 32.7. The minimum Gasteiger partial charge on any atom is -0.264 e. The van der Waals surface area contributed by atoms with Crippen molar-refractivity contribution >= 4 is 147 Å². The molecule has 0 spiro atoms. The fourth-order valence-corrected chi connectivity index (χ4v) is 21.6. The van der Waals surface area contributed by atoms with E-state index in [0.717, 1.165) is 154 Å². The Morgan fingerprint density at radius 1 is 0.254 bits per heavy atom. The second kappa shape index (κ2) is 31.1. The van der Waals surface area contributed by atoms with Gasteiger partial charge in [-0.05, 0) is 195 Å². The Morgan fingerprint density at radius 2 is 0.590 bits per heavy atom. The van der Waals surface area contributed by atoms with Gasteiger partial charge in [-0.2, -0.15) is 5.26 Å². The van der Waals surface area contributed by atoms with E-state index < -0.39 is 0 Å². The summed E-state index contributed by atoms with van der Waals surface area (Å²) in [5.74, 6) is 0. The average Bonchev–Trinajstić information content (AvgIpc) is 0.865. The number of nitriles is 1. The molecule has 27 rings (SSSR count). The van der Waals surface area contributed by atoms with E-state index in [2.05, 4.69) is 359 Å². The van der Waals surface area contributed by atoms with Crippen LogP contribution in [0, 0.1) is 17.9 Å². The molecule has 2 aliphatic rings. The number of rotatable bonds is 7. The molecule has 2 aliphatic carbocycles. The van der Waals surface area contributed by atoms with Crippen LogP contribution in [-0.4, -0.2) is 34.9 Å². The van der Waals surface area contributed by atoms with Gasteiger partial charge in [-0.15, -0.1) is 0 Å². The molecular formula is C125H79N9. The molecule has 0 unspecified atom stereocenters. The van der Waals surface area contributed by atoms with Gasteiger partial charge in [-0.25, -0.2) is 19.8 Å². The zero-order chi connectivity index (χ0) is 89.6. The van der Waals surface area contributed by atoms with Gasteiger partial charge in [0.1, 0.15) is 0 Å². The van der Waals surface area contributed by atoms with Gasteiger partial charge >= 0.3 is 0 Å². The Labute approximate surface area is 772 Å². The molecule has 0 amide bonds. The minimum absolute atomic E-state index is 0.134. The van der Waals surface area contributed by atoms with Crippen LogP contribution in [0.3, 0.4) is 0 Å². The minimum atomic E-state index is -0.188. The smallest absolute Gasteiger partial charge is 0.187 e. The zero-order valence-corrected chi connectivity index (χ0v) is 73.7. The van der Waals surface area contributed by atoms with E-state index in [1.165, 1.54) is 110 Å². The first-order valence-corrected chi connectivity index (χ1v) is 45.4. The van der Waals surface area contributed by atoms with Crippen molar-refractivity contribution in [3.63, 3.8) is 0 Å². The fraction of sp³-hybridized carbons (Fsp3) is 0.0480. The van der Waals surface area contributed by atoms with Gasteiger partial charge in [0.15, 0.2) is 5.69 Å². The van der Waals surface area contributed by atoms with Crippen molar-refractivity contribution in [1.29, 1.82) is 5.26 Å². The summed E-state index contributed by atoms with van der Waals surface area (Å²) in [7, 11) is 0. The highest BCUT2D eigenvalue weighted by atomic mass is 14.7. The lowest BCUT2D eigenvalue weighted by Crippen LogP contribution is -2.15. The monoisotopic (exact) mass is 1710 g/mol. The van der Waals surface area contributed by atoms with Gasteiger partial charge in [0.25, 0.3) is 0 Å². The molecule has 0 saturated heterocycles. The molecule has 7 aromatic heterocycles. The van der Waals surface area contributed by atoms with Crippen molar-refractivity contribution < 1.29 is 0 Å². The molecule has 9 heteroatoms. The molecule has 0 saturated carbocycles. The lowest BCUT2D eigenvalue weighted by molar-refractivity contribution is 0.661. The van der Waals surface area contributed by atoms with E-state index in [1.807, 2.05) is 91.6 Å². The predicted molar refractivity (Wildman–Crippen MR) is 556 cm³/mol. The molecule has 0 radical (unpaired) electrons. The van der Waals surface area contributed by atoms with Crippen molar-refractivity contribution in [3.8, 4) is 107 Å². The van der Waals surface area contributed by atoms with Crippen molar-refractivity contribution in [2.45, 2.75) is 38.5 Å². The molecule has 0 atom stereocenters. The summed E-state index contributed by atoms with van der Waals surface area (Å²) in [6.07, 6.45) is 9.42. The SMILES string of the molecule is CC1(C)c2cc(-c3cccnc3)ccc2-c2ccc(-c3cccc(-c4nc5ccccc5c5c4ccc4ccc6cccnc6c45)c3)cc21.N#Cc1ccc(-c2cccc(-c3nc4ccccc4c4c3ccc3ccc5cccnc5c34)c2)c2ccccc12.[C-]#[N+]c1ccc2c(c1)C(C)(C)c1cc(-c3cccc(-c4nc5ccccc5c5c4ccc4ccc6cccnc6c45)c3)ccc1-2. The quantitative estimate of drug-likeness (QED) is 0.114. The maximum atomic E-state index is 9.66. The maximum Gasteiger partial charge on any atom is 0.187 e. The van der Waals surface area contributed by atoms with Crippen LogP contribution in [0.15, 0.2) is 407 Å². The Hall–Kier alpha value is -17.6. The molecule has 9 nitrogen and oxygen atoms in total. The van der Waals surface area contributed by atoms with Crippen LogP contribution in [0.25, 0.3) is 246 Å². The van der Waals surface area contributed by atoms with Crippen molar-refractivity contribution in [1.82, 2.24) is 34.9 Å². The fourth-order valence-electron chi connectivity index (χ4n) is 21.6. The number of hydrogen-bond acceptors (Lipinski definition) is 8. The number of hydrogen-bond donors (Lipinski definition) is 0. The Morgan fingerprint density at radius 3 is 1.01 bits per heavy atom. The second-order valence-corrected chi connectivity index (χ2v) is 36.3. The van der Waals surface area contributed by atoms with E-state index in [9.17, 15) is 5.26 Å². The third-order valence-electron chi connectivity index (χ3n) is 28.1. The van der Waals surface area contributed by atoms with Gasteiger partial charge in [0, 0.05) is 145 Å². The van der Waals surface area contributed by atoms with Crippen LogP contribution in [-0.2, 0) is 10.8 Å². The summed E-state index contributed by atoms with van der Waals surface area (Å²) >= 11 is 0. The zero-order valence-electron chi connectivity index (χ0n) is 73.7. The van der Waals surface area contributed by atoms with Gasteiger partial charge in [-0.3, -0.25) is 19.9 Å². The molecule has 0 N–H and O–H groups in total. The topological polar surface area (TPSA) is 118 Å². The Kier molecular flexibility index (Phi) is 18.2. The lowest BCUT2D eigenvalue weighted by Gasteiger charge is -2.22. The van der Waals surface area contributed by atoms with Gasteiger partial charge in [0.2, 0.25) is 0 Å². The largest absolute Gasteiger partial charge is 0.264 e. The van der Waals surface area contributed by atoms with Crippen LogP contribution in [0.2, 0.25) is 0 Å². The highest BCUT2D eigenvalue weighted by Gasteiger charge is 2.38. The Balaban J connectivity index is 0.000000108. The first-order chi connectivity index (χ1) is 65.8. The number of nitrogens with zero attached hydrogens (tertiary/aromatic N) is 9. The van der Waals surface area contributed by atoms with E-state index in [1.54, 1.807) is 0 Å². The molecule has 0 fully saturated rings. The third kappa shape index (κ3) is 12.7. The maximum absolute atomic E-state index is 9.66. The van der Waals surface area contributed by atoms with E-state index in [4.69, 9.17) is 36.5 Å². The molecule has 0 bridgehead atoms. The highest BCUT2D eigenvalue weighted by Crippen LogP contribution is 2.54. The number of para-hydroxylation sites is 3. The number of benzene rings is 18. The third-order valence-corrected chi connectivity index (χ3v) is 28.1. The molecule has 18 aromatic carbocycles. The molecular weight excluding hydrogens is 1630 g/mol. The molecule has 624 valence electrons. The first-order valence-electron chi connectivity index (χ1n) is 45.4. The normalized spacial score (nSPS) is 12.7. The highest BCUT2D eigenvalue weighted by molar-refractivity contribution is 6.31. The number of aromatic nitrogens is 7. The summed E-state index contributed by atoms with van der Waals surface area (Å²) in [4.78, 5) is 38.4. The van der Waals surface area contributed by atoms with Crippen molar-refractivity contribution in [2.24, 2.45) is 0 Å². The van der Waals surface area contributed by atoms with Gasteiger partial charge in [0.05, 0.1) is 68.4 Å². The molecule has 134 heavy (non-hydrogen) atoms. The van der Waals surface area contributed by atoms with Crippen LogP contribution < -0.4 is 0 Å². The summed E-state index contributed by atoms with van der Waals surface area (Å²) < 4.78 is 0. The first kappa shape index (κ1) is 78.6. The number of pyridine rings is 7. The van der Waals surface area contributed by atoms with Crippen molar-refractivity contribution in [2.75, 3.05) is 0 Å². The van der Waals surface area contributed by atoms with Crippen LogP contribution in [0.5, 0.6) is 0 Å². The van der Waals surface area contributed by atoms with E-state index in [0.29, 0.717) is 11.3 Å².